The van der Waals surface area contributed by atoms with Crippen LogP contribution in [-0.4, -0.2) is 18.7 Å². The third kappa shape index (κ3) is 14.0. The first-order chi connectivity index (χ1) is 43.8. The summed E-state index contributed by atoms with van der Waals surface area (Å²) in [5, 5.41) is 7.83. The van der Waals surface area contributed by atoms with E-state index in [1.54, 1.807) is 0 Å². The van der Waals surface area contributed by atoms with E-state index in [1.807, 2.05) is 6.20 Å². The van der Waals surface area contributed by atoms with Crippen LogP contribution in [0.2, 0.25) is 0 Å². The standard InChI is InChI=1S/C34H29N.C28H25N.C23H24N2.6CH4/c1-3-24(2)25-16-18-26(19-17-25)27-20-22-28(23-21-27)30-13-9-15-33-34(30)31-12-7-8-14-32(31)35(33)29-10-5-4-6-11-29;1-3-20(2)21-16-18-22(19-17-21)24-13-9-15-27-28(24)25-12-7-8-14-26(25)29(27)23-10-5-4-6-11-23;1-4-16(3)17-13-14-20(24-15-17)18-10-8-12-22-23(18)19-9-6-7-11-21(19)25(22)5-2;;;;;;/h4-24H,3H2,1-2H3;4-20H,3H2,1-2H3;6-16H,4-5H2,1-3H3;6*1H4. The van der Waals surface area contributed by atoms with Crippen molar-refractivity contribution in [1.29, 1.82) is 0 Å². The van der Waals surface area contributed by atoms with Gasteiger partial charge in [-0.05, 0) is 161 Å². The van der Waals surface area contributed by atoms with Gasteiger partial charge < -0.3 is 13.7 Å². The van der Waals surface area contributed by atoms with Crippen molar-refractivity contribution < 1.29 is 0 Å². The zero-order chi connectivity index (χ0) is 61.0. The largest absolute Gasteiger partial charge is 0.341 e. The van der Waals surface area contributed by atoms with Gasteiger partial charge >= 0.3 is 0 Å². The summed E-state index contributed by atoms with van der Waals surface area (Å²) in [4.78, 5) is 4.80. The maximum Gasteiger partial charge on any atom is 0.0709 e. The number of hydrogen-bond acceptors (Lipinski definition) is 1. The summed E-state index contributed by atoms with van der Waals surface area (Å²) in [7, 11) is 0. The molecule has 0 bridgehead atoms. The van der Waals surface area contributed by atoms with Crippen LogP contribution in [0.15, 0.2) is 279 Å². The Morgan fingerprint density at radius 1 is 0.284 bits per heavy atom. The van der Waals surface area contributed by atoms with E-state index < -0.39 is 0 Å². The number of nitrogens with zero attached hydrogens (tertiary/aromatic N) is 4. The van der Waals surface area contributed by atoms with Gasteiger partial charge in [-0.2, -0.15) is 0 Å². The smallest absolute Gasteiger partial charge is 0.0709 e. The van der Waals surface area contributed by atoms with Crippen molar-refractivity contribution in [3.05, 3.63) is 296 Å². The number of aromatic nitrogens is 4. The van der Waals surface area contributed by atoms with Gasteiger partial charge in [-0.3, -0.25) is 4.98 Å². The number of hydrogen-bond donors (Lipinski definition) is 0. The van der Waals surface area contributed by atoms with Crippen molar-refractivity contribution >= 4 is 65.4 Å². The van der Waals surface area contributed by atoms with Crippen LogP contribution >= 0.6 is 0 Å². The molecule has 15 aromatic rings. The summed E-state index contributed by atoms with van der Waals surface area (Å²) < 4.78 is 7.14. The van der Waals surface area contributed by atoms with Crippen molar-refractivity contribution in [3.8, 4) is 56.0 Å². The van der Waals surface area contributed by atoms with Crippen molar-refractivity contribution in [2.75, 3.05) is 0 Å². The third-order valence-corrected chi connectivity index (χ3v) is 18.8. The highest BCUT2D eigenvalue weighted by Gasteiger charge is 2.19. The molecule has 4 aromatic heterocycles. The SMILES string of the molecule is C.C.C.C.C.C.CCC(C)c1ccc(-c2ccc(-c3cccc4c3c3ccccc3n4-c3ccccc3)cc2)cc1.CCC(C)c1ccc(-c2cccc3c2c2ccccc2n3-c2ccccc2)cc1.CCC(C)c1ccc(-c2cccc3c2c2ccccc2n3CC)nc1. The molecule has 4 heteroatoms. The lowest BCUT2D eigenvalue weighted by Crippen LogP contribution is -1.94. The predicted octanol–water partition coefficient (Wildman–Crippen LogP) is 27.8. The van der Waals surface area contributed by atoms with E-state index in [4.69, 9.17) is 4.98 Å². The first-order valence-electron chi connectivity index (χ1n) is 32.2. The van der Waals surface area contributed by atoms with Crippen LogP contribution in [0.5, 0.6) is 0 Å². The highest BCUT2D eigenvalue weighted by Crippen LogP contribution is 2.42. The maximum absolute atomic E-state index is 4.80. The summed E-state index contributed by atoms with van der Waals surface area (Å²) in [6.07, 6.45) is 5.52. The predicted molar refractivity (Wildman–Crippen MR) is 423 cm³/mol. The average molecular weight is 1250 g/mol. The fraction of sp³-hybridized carbons (Fsp3) is 0.220. The van der Waals surface area contributed by atoms with Crippen LogP contribution in [0, 0.1) is 0 Å². The quantitative estimate of drug-likeness (QED) is 0.113. The Hall–Kier alpha value is -10.0. The fourth-order valence-corrected chi connectivity index (χ4v) is 13.3. The van der Waals surface area contributed by atoms with E-state index in [-0.39, 0.29) is 44.6 Å². The van der Waals surface area contributed by atoms with Gasteiger partial charge in [0.2, 0.25) is 0 Å². The van der Waals surface area contributed by atoms with Gasteiger partial charge in [-0.15, -0.1) is 0 Å². The molecule has 95 heavy (non-hydrogen) atoms. The molecule has 0 aliphatic heterocycles. The van der Waals surface area contributed by atoms with Gasteiger partial charge in [0.25, 0.3) is 0 Å². The second-order valence-corrected chi connectivity index (χ2v) is 24.0. The van der Waals surface area contributed by atoms with Crippen molar-refractivity contribution in [2.24, 2.45) is 0 Å². The van der Waals surface area contributed by atoms with Crippen molar-refractivity contribution in [1.82, 2.24) is 18.7 Å². The zero-order valence-corrected chi connectivity index (χ0v) is 52.4. The molecule has 3 atom stereocenters. The second-order valence-electron chi connectivity index (χ2n) is 24.0. The van der Waals surface area contributed by atoms with E-state index in [1.165, 1.54) is 145 Å². The summed E-state index contributed by atoms with van der Waals surface area (Å²) in [6, 6.07) is 99.0. The van der Waals surface area contributed by atoms with E-state index >= 15 is 0 Å². The molecule has 486 valence electrons. The van der Waals surface area contributed by atoms with Crippen molar-refractivity contribution in [2.45, 2.75) is 137 Å². The van der Waals surface area contributed by atoms with E-state index in [0.717, 1.165) is 18.7 Å². The molecular formula is C91H102N4. The van der Waals surface area contributed by atoms with Gasteiger partial charge in [0.15, 0.2) is 0 Å². The fourth-order valence-electron chi connectivity index (χ4n) is 13.3. The lowest BCUT2D eigenvalue weighted by Gasteiger charge is -2.11. The minimum absolute atomic E-state index is 0. The Morgan fingerprint density at radius 3 is 1.03 bits per heavy atom. The van der Waals surface area contributed by atoms with Crippen LogP contribution in [0.4, 0.5) is 0 Å². The van der Waals surface area contributed by atoms with Crippen LogP contribution in [0.25, 0.3) is 121 Å². The summed E-state index contributed by atoms with van der Waals surface area (Å²) in [5.74, 6) is 1.75. The Bertz CT molecular complexity index is 4890. The van der Waals surface area contributed by atoms with Crippen LogP contribution < -0.4 is 0 Å². The third-order valence-electron chi connectivity index (χ3n) is 18.8. The first kappa shape index (κ1) is 72.4. The lowest BCUT2D eigenvalue weighted by molar-refractivity contribution is 0.730. The molecule has 0 amide bonds. The molecule has 11 aromatic carbocycles. The van der Waals surface area contributed by atoms with Gasteiger partial charge in [-0.25, -0.2) is 0 Å². The number of rotatable bonds is 13. The number of fused-ring (bicyclic) bond motifs is 9. The molecular weight excluding hydrogens is 1150 g/mol. The van der Waals surface area contributed by atoms with Crippen LogP contribution in [-0.2, 0) is 6.54 Å². The molecule has 3 unspecified atom stereocenters. The Morgan fingerprint density at radius 2 is 0.611 bits per heavy atom. The monoisotopic (exact) mass is 1250 g/mol. The first-order valence-corrected chi connectivity index (χ1v) is 32.2. The number of para-hydroxylation sites is 5. The zero-order valence-electron chi connectivity index (χ0n) is 52.4. The van der Waals surface area contributed by atoms with Crippen LogP contribution in [0.3, 0.4) is 0 Å². The molecule has 15 rings (SSSR count). The summed E-state index contributed by atoms with van der Waals surface area (Å²) in [6.45, 7) is 16.7. The highest BCUT2D eigenvalue weighted by molar-refractivity contribution is 6.17. The molecule has 4 heterocycles. The molecule has 4 nitrogen and oxygen atoms in total. The van der Waals surface area contributed by atoms with Crippen molar-refractivity contribution in [3.63, 3.8) is 0 Å². The maximum atomic E-state index is 4.80. The minimum Gasteiger partial charge on any atom is -0.341 e. The molecule has 0 aliphatic carbocycles. The Balaban J connectivity index is 0.000000198. The Labute approximate surface area is 569 Å². The minimum atomic E-state index is 0. The summed E-state index contributed by atoms with van der Waals surface area (Å²) in [5.41, 5.74) is 23.9. The van der Waals surface area contributed by atoms with Gasteiger partial charge in [0, 0.05) is 73.0 Å². The van der Waals surface area contributed by atoms with E-state index in [2.05, 4.69) is 335 Å². The molecule has 0 saturated heterocycles. The highest BCUT2D eigenvalue weighted by atomic mass is 15.0. The lowest BCUT2D eigenvalue weighted by atomic mass is 9.94. The molecule has 0 spiro atoms. The van der Waals surface area contributed by atoms with Gasteiger partial charge in [0.05, 0.1) is 27.8 Å². The number of aryl methyl sites for hydroxylation is 1. The molecule has 0 N–H and O–H groups in total. The van der Waals surface area contributed by atoms with E-state index in [0.29, 0.717) is 17.8 Å². The molecule has 0 radical (unpaired) electrons. The summed E-state index contributed by atoms with van der Waals surface area (Å²) >= 11 is 0. The van der Waals surface area contributed by atoms with Crippen LogP contribution in [0.1, 0.15) is 147 Å². The Kier molecular flexibility index (Phi) is 24.5. The molecule has 0 aliphatic rings. The molecule has 0 fully saturated rings. The normalized spacial score (nSPS) is 11.7. The topological polar surface area (TPSA) is 27.7 Å². The second kappa shape index (κ2) is 32.2. The number of pyridine rings is 1. The average Bonchev–Trinajstić information content (AvgIpc) is 1.61. The molecule has 0 saturated carbocycles. The van der Waals surface area contributed by atoms with Gasteiger partial charge in [0.1, 0.15) is 0 Å². The number of benzene rings is 11. The van der Waals surface area contributed by atoms with Gasteiger partial charge in [-0.1, -0.05) is 292 Å². The van der Waals surface area contributed by atoms with E-state index in [9.17, 15) is 0 Å².